The monoisotopic (exact) mass is 421 g/mol. The molecule has 0 bridgehead atoms. The lowest BCUT2D eigenvalue weighted by Gasteiger charge is -2.34. The Morgan fingerprint density at radius 1 is 1.07 bits per heavy atom. The number of carbonyl (C=O) groups excluding carboxylic acids is 1. The van der Waals surface area contributed by atoms with Gasteiger partial charge in [-0.2, -0.15) is 5.10 Å². The zero-order valence-electron chi connectivity index (χ0n) is 16.2. The molecule has 5 rings (SSSR count). The molecule has 0 atom stereocenters. The van der Waals surface area contributed by atoms with Crippen LogP contribution in [-0.4, -0.2) is 67.1 Å². The molecule has 0 spiro atoms. The van der Waals surface area contributed by atoms with Crippen molar-refractivity contribution in [1.82, 2.24) is 35.0 Å². The van der Waals surface area contributed by atoms with Crippen LogP contribution in [0.15, 0.2) is 54.9 Å². The van der Waals surface area contributed by atoms with Crippen LogP contribution in [0.2, 0.25) is 5.02 Å². The molecule has 3 heterocycles. The second kappa shape index (κ2) is 7.89. The fourth-order valence-electron chi connectivity index (χ4n) is 3.68. The van der Waals surface area contributed by atoms with Crippen LogP contribution in [0.25, 0.3) is 16.6 Å². The lowest BCUT2D eigenvalue weighted by Crippen LogP contribution is -2.48. The fourth-order valence-corrected chi connectivity index (χ4v) is 3.81. The summed E-state index contributed by atoms with van der Waals surface area (Å²) < 4.78 is 1.62. The van der Waals surface area contributed by atoms with Crippen LogP contribution in [0.5, 0.6) is 0 Å². The van der Waals surface area contributed by atoms with Gasteiger partial charge in [-0.15, -0.1) is 5.10 Å². The third-order valence-electron chi connectivity index (χ3n) is 5.38. The van der Waals surface area contributed by atoms with E-state index in [1.54, 1.807) is 17.1 Å². The molecule has 0 aliphatic carbocycles. The topological polar surface area (TPSA) is 82.9 Å². The number of hydrogen-bond donors (Lipinski definition) is 1. The smallest absolute Gasteiger partial charge is 0.276 e. The number of nitrogens with one attached hydrogen (secondary N) is 1. The maximum absolute atomic E-state index is 12.9. The molecule has 1 fully saturated rings. The standard InChI is InChI=1S/C21H20ClN7O/c22-17-3-1-15(2-4-17)13-27-7-9-28(10-8-27)21(30)20-14-29(26-25-20)18-5-6-19-16(11-18)12-23-24-19/h1-6,11-12,14H,7-10,13H2,(H,23,24). The van der Waals surface area contributed by atoms with Crippen molar-refractivity contribution in [2.24, 2.45) is 0 Å². The number of amides is 1. The van der Waals surface area contributed by atoms with Gasteiger partial charge in [0.25, 0.3) is 5.91 Å². The minimum Gasteiger partial charge on any atom is -0.335 e. The molecule has 4 aromatic rings. The lowest BCUT2D eigenvalue weighted by atomic mass is 10.2. The van der Waals surface area contributed by atoms with Crippen molar-refractivity contribution in [2.45, 2.75) is 6.54 Å². The maximum Gasteiger partial charge on any atom is 0.276 e. The highest BCUT2D eigenvalue weighted by molar-refractivity contribution is 6.30. The molecule has 1 aliphatic heterocycles. The Bertz CT molecular complexity index is 1180. The van der Waals surface area contributed by atoms with E-state index in [0.717, 1.165) is 41.2 Å². The molecule has 30 heavy (non-hydrogen) atoms. The van der Waals surface area contributed by atoms with Gasteiger partial charge in [0.15, 0.2) is 5.69 Å². The number of H-pyrrole nitrogens is 1. The summed E-state index contributed by atoms with van der Waals surface area (Å²) in [6.07, 6.45) is 3.44. The second-order valence-electron chi connectivity index (χ2n) is 7.38. The molecule has 2 aromatic carbocycles. The van der Waals surface area contributed by atoms with Crippen LogP contribution in [0.4, 0.5) is 0 Å². The SMILES string of the molecule is O=C(c1cn(-c2ccc3[nH]ncc3c2)nn1)N1CCN(Cc2ccc(Cl)cc2)CC1. The first-order chi connectivity index (χ1) is 14.7. The zero-order valence-corrected chi connectivity index (χ0v) is 17.0. The van der Waals surface area contributed by atoms with E-state index in [-0.39, 0.29) is 5.91 Å². The van der Waals surface area contributed by atoms with Crippen molar-refractivity contribution in [1.29, 1.82) is 0 Å². The van der Waals surface area contributed by atoms with Gasteiger partial charge < -0.3 is 4.90 Å². The average Bonchev–Trinajstić information content (AvgIpc) is 3.44. The van der Waals surface area contributed by atoms with Crippen molar-refractivity contribution < 1.29 is 4.79 Å². The number of fused-ring (bicyclic) bond motifs is 1. The number of hydrogen-bond acceptors (Lipinski definition) is 5. The second-order valence-corrected chi connectivity index (χ2v) is 7.82. The van der Waals surface area contributed by atoms with Crippen LogP contribution in [0, 0.1) is 0 Å². The number of halogens is 1. The normalized spacial score (nSPS) is 15.0. The fraction of sp³-hybridized carbons (Fsp3) is 0.238. The number of aromatic amines is 1. The zero-order chi connectivity index (χ0) is 20.5. The number of rotatable bonds is 4. The van der Waals surface area contributed by atoms with E-state index >= 15 is 0 Å². The van der Waals surface area contributed by atoms with Gasteiger partial charge in [0, 0.05) is 43.1 Å². The summed E-state index contributed by atoms with van der Waals surface area (Å²) in [4.78, 5) is 17.1. The van der Waals surface area contributed by atoms with Crippen molar-refractivity contribution >= 4 is 28.4 Å². The number of benzene rings is 2. The van der Waals surface area contributed by atoms with E-state index in [2.05, 4.69) is 25.4 Å². The highest BCUT2D eigenvalue weighted by Crippen LogP contribution is 2.17. The molecule has 9 heteroatoms. The van der Waals surface area contributed by atoms with Crippen LogP contribution >= 0.6 is 11.6 Å². The Morgan fingerprint density at radius 3 is 2.67 bits per heavy atom. The third kappa shape index (κ3) is 3.79. The molecular formula is C21H20ClN7O. The Kier molecular flexibility index (Phi) is 4.94. The first kappa shape index (κ1) is 18.8. The van der Waals surface area contributed by atoms with E-state index in [1.807, 2.05) is 47.4 Å². The van der Waals surface area contributed by atoms with Crippen LogP contribution in [-0.2, 0) is 6.54 Å². The van der Waals surface area contributed by atoms with Crippen molar-refractivity contribution in [3.8, 4) is 5.69 Å². The number of carbonyl (C=O) groups is 1. The number of aromatic nitrogens is 5. The summed E-state index contributed by atoms with van der Waals surface area (Å²) in [6, 6.07) is 13.7. The van der Waals surface area contributed by atoms with Crippen LogP contribution in [0.3, 0.4) is 0 Å². The van der Waals surface area contributed by atoms with E-state index in [0.29, 0.717) is 18.8 Å². The summed E-state index contributed by atoms with van der Waals surface area (Å²) >= 11 is 5.95. The van der Waals surface area contributed by atoms with E-state index in [1.165, 1.54) is 5.56 Å². The van der Waals surface area contributed by atoms with Gasteiger partial charge in [-0.1, -0.05) is 28.9 Å². The molecule has 1 N–H and O–H groups in total. The van der Waals surface area contributed by atoms with Gasteiger partial charge in [0.2, 0.25) is 0 Å². The maximum atomic E-state index is 12.9. The Morgan fingerprint density at radius 2 is 1.87 bits per heavy atom. The minimum atomic E-state index is -0.0863. The van der Waals surface area contributed by atoms with E-state index in [9.17, 15) is 4.79 Å². The van der Waals surface area contributed by atoms with Crippen LogP contribution < -0.4 is 0 Å². The summed E-state index contributed by atoms with van der Waals surface area (Å²) in [5.74, 6) is -0.0863. The first-order valence-electron chi connectivity index (χ1n) is 9.78. The van der Waals surface area contributed by atoms with Gasteiger partial charge >= 0.3 is 0 Å². The molecule has 2 aromatic heterocycles. The summed E-state index contributed by atoms with van der Waals surface area (Å²) in [7, 11) is 0. The molecule has 0 saturated carbocycles. The average molecular weight is 422 g/mol. The Labute approximate surface area is 178 Å². The van der Waals surface area contributed by atoms with E-state index in [4.69, 9.17) is 11.6 Å². The molecular weight excluding hydrogens is 402 g/mol. The molecule has 1 aliphatic rings. The van der Waals surface area contributed by atoms with Gasteiger partial charge in [-0.3, -0.25) is 14.8 Å². The summed E-state index contributed by atoms with van der Waals surface area (Å²) in [6.45, 7) is 3.83. The van der Waals surface area contributed by atoms with Gasteiger partial charge in [-0.05, 0) is 35.9 Å². The molecule has 0 unspecified atom stereocenters. The van der Waals surface area contributed by atoms with Crippen molar-refractivity contribution in [3.63, 3.8) is 0 Å². The molecule has 0 radical (unpaired) electrons. The molecule has 8 nitrogen and oxygen atoms in total. The predicted molar refractivity (Wildman–Crippen MR) is 114 cm³/mol. The largest absolute Gasteiger partial charge is 0.335 e. The summed E-state index contributed by atoms with van der Waals surface area (Å²) in [5.41, 5.74) is 3.36. The highest BCUT2D eigenvalue weighted by Gasteiger charge is 2.24. The molecule has 152 valence electrons. The van der Waals surface area contributed by atoms with Crippen molar-refractivity contribution in [3.05, 3.63) is 71.1 Å². The third-order valence-corrected chi connectivity index (χ3v) is 5.63. The lowest BCUT2D eigenvalue weighted by molar-refractivity contribution is 0.0622. The summed E-state index contributed by atoms with van der Waals surface area (Å²) in [5, 5.41) is 16.9. The van der Waals surface area contributed by atoms with Crippen LogP contribution in [0.1, 0.15) is 16.1 Å². The molecule has 1 amide bonds. The predicted octanol–water partition coefficient (Wildman–Crippen LogP) is 2.76. The Hall–Kier alpha value is -3.23. The van der Waals surface area contributed by atoms with Crippen molar-refractivity contribution in [2.75, 3.05) is 26.2 Å². The molecule has 1 saturated heterocycles. The Balaban J connectivity index is 1.22. The number of piperazine rings is 1. The first-order valence-corrected chi connectivity index (χ1v) is 10.2. The van der Waals surface area contributed by atoms with E-state index < -0.39 is 0 Å². The van der Waals surface area contributed by atoms with Gasteiger partial charge in [-0.25, -0.2) is 4.68 Å². The van der Waals surface area contributed by atoms with Gasteiger partial charge in [0.1, 0.15) is 0 Å². The highest BCUT2D eigenvalue weighted by atomic mass is 35.5. The minimum absolute atomic E-state index is 0.0863. The quantitative estimate of drug-likeness (QED) is 0.547. The van der Waals surface area contributed by atoms with Gasteiger partial charge in [0.05, 0.1) is 23.6 Å². The number of nitrogens with zero attached hydrogens (tertiary/aromatic N) is 6.